The van der Waals surface area contributed by atoms with Gasteiger partial charge in [-0.25, -0.2) is 14.8 Å². The molecule has 0 unspecified atom stereocenters. The Balaban J connectivity index is 2.04. The zero-order valence-electron chi connectivity index (χ0n) is 10.0. The monoisotopic (exact) mass is 264 g/mol. The van der Waals surface area contributed by atoms with Crippen molar-refractivity contribution in [1.29, 1.82) is 0 Å². The third-order valence-corrected chi connectivity index (χ3v) is 2.38. The van der Waals surface area contributed by atoms with E-state index in [1.807, 2.05) is 0 Å². The average Bonchev–Trinajstić information content (AvgIpc) is 2.99. The van der Waals surface area contributed by atoms with E-state index in [9.17, 15) is 9.59 Å². The summed E-state index contributed by atoms with van der Waals surface area (Å²) in [5.74, 6) is -1.40. The first-order chi connectivity index (χ1) is 9.06. The van der Waals surface area contributed by atoms with Crippen LogP contribution in [0.2, 0.25) is 0 Å². The molecule has 2 rings (SSSR count). The van der Waals surface area contributed by atoms with Crippen LogP contribution in [0.1, 0.15) is 22.1 Å². The van der Waals surface area contributed by atoms with Crippen molar-refractivity contribution in [2.24, 2.45) is 0 Å². The maximum absolute atomic E-state index is 11.8. The van der Waals surface area contributed by atoms with Crippen molar-refractivity contribution in [2.75, 3.05) is 0 Å². The predicted molar refractivity (Wildman–Crippen MR) is 62.3 cm³/mol. The number of hydrogen-bond donors (Lipinski definition) is 4. The van der Waals surface area contributed by atoms with Crippen molar-refractivity contribution in [2.45, 2.75) is 19.4 Å². The van der Waals surface area contributed by atoms with Crippen LogP contribution in [-0.2, 0) is 11.2 Å². The number of rotatable bonds is 5. The summed E-state index contributed by atoms with van der Waals surface area (Å²) in [6, 6.07) is -1.08. The molecule has 0 saturated carbocycles. The molecule has 0 aromatic carbocycles. The van der Waals surface area contributed by atoms with Crippen molar-refractivity contribution in [1.82, 2.24) is 30.5 Å². The molecule has 4 N–H and O–H groups in total. The van der Waals surface area contributed by atoms with Crippen LogP contribution in [0.5, 0.6) is 0 Å². The Labute approximate surface area is 107 Å². The average molecular weight is 264 g/mol. The third kappa shape index (κ3) is 3.15. The Hall–Kier alpha value is -2.71. The molecule has 9 nitrogen and oxygen atoms in total. The highest BCUT2D eigenvalue weighted by Gasteiger charge is 2.23. The van der Waals surface area contributed by atoms with Gasteiger partial charge in [0.25, 0.3) is 5.91 Å². The summed E-state index contributed by atoms with van der Waals surface area (Å²) in [5, 5.41) is 17.6. The normalized spacial score (nSPS) is 12.1. The minimum Gasteiger partial charge on any atom is -0.480 e. The van der Waals surface area contributed by atoms with Crippen LogP contribution in [0.15, 0.2) is 12.5 Å². The van der Waals surface area contributed by atoms with Crippen molar-refractivity contribution < 1.29 is 14.7 Å². The topological polar surface area (TPSA) is 137 Å². The van der Waals surface area contributed by atoms with Gasteiger partial charge >= 0.3 is 5.97 Å². The number of carbonyl (C=O) groups is 2. The van der Waals surface area contributed by atoms with Crippen LogP contribution < -0.4 is 5.32 Å². The van der Waals surface area contributed by atoms with Gasteiger partial charge in [0.2, 0.25) is 5.82 Å². The van der Waals surface area contributed by atoms with Crippen molar-refractivity contribution >= 4 is 11.9 Å². The second-order valence-electron chi connectivity index (χ2n) is 3.89. The number of carboxylic acids is 1. The summed E-state index contributed by atoms with van der Waals surface area (Å²) >= 11 is 0. The van der Waals surface area contributed by atoms with E-state index in [0.29, 0.717) is 11.5 Å². The highest BCUT2D eigenvalue weighted by molar-refractivity contribution is 5.93. The van der Waals surface area contributed by atoms with Gasteiger partial charge in [0.1, 0.15) is 11.9 Å². The SMILES string of the molecule is Cc1nc(C(=O)N[C@H](Cc2cnc[nH]2)C(=O)O)n[nH]1. The van der Waals surface area contributed by atoms with Crippen molar-refractivity contribution in [3.63, 3.8) is 0 Å². The molecule has 19 heavy (non-hydrogen) atoms. The summed E-state index contributed by atoms with van der Waals surface area (Å²) in [5.41, 5.74) is 0.610. The molecule has 0 aliphatic rings. The number of nitrogens with zero attached hydrogens (tertiary/aromatic N) is 3. The molecular weight excluding hydrogens is 252 g/mol. The van der Waals surface area contributed by atoms with Gasteiger partial charge in [0, 0.05) is 18.3 Å². The van der Waals surface area contributed by atoms with E-state index in [2.05, 4.69) is 30.5 Å². The zero-order valence-corrected chi connectivity index (χ0v) is 10.0. The molecule has 2 aromatic rings. The Morgan fingerprint density at radius 3 is 2.84 bits per heavy atom. The number of aromatic nitrogens is 5. The van der Waals surface area contributed by atoms with Gasteiger partial charge in [-0.2, -0.15) is 0 Å². The Morgan fingerprint density at radius 2 is 2.32 bits per heavy atom. The standard InChI is InChI=1S/C10H12N6O3/c1-5-13-8(16-15-5)9(17)14-7(10(18)19)2-6-3-11-4-12-6/h3-4,7H,2H2,1H3,(H,11,12)(H,14,17)(H,18,19)(H,13,15,16)/t7-/m1/s1. The molecule has 1 amide bonds. The van der Waals surface area contributed by atoms with Gasteiger partial charge in [-0.1, -0.05) is 0 Å². The van der Waals surface area contributed by atoms with Crippen LogP contribution in [-0.4, -0.2) is 48.2 Å². The van der Waals surface area contributed by atoms with Crippen LogP contribution >= 0.6 is 0 Å². The highest BCUT2D eigenvalue weighted by Crippen LogP contribution is 2.00. The van der Waals surface area contributed by atoms with Gasteiger partial charge < -0.3 is 15.4 Å². The lowest BCUT2D eigenvalue weighted by atomic mass is 10.1. The fourth-order valence-corrected chi connectivity index (χ4v) is 1.48. The highest BCUT2D eigenvalue weighted by atomic mass is 16.4. The van der Waals surface area contributed by atoms with Crippen LogP contribution in [0, 0.1) is 6.92 Å². The molecule has 0 radical (unpaired) electrons. The number of carboxylic acid groups (broad SMARTS) is 1. The molecule has 0 spiro atoms. The largest absolute Gasteiger partial charge is 0.480 e. The van der Waals surface area contributed by atoms with E-state index < -0.39 is 17.9 Å². The van der Waals surface area contributed by atoms with Crippen LogP contribution in [0.25, 0.3) is 0 Å². The van der Waals surface area contributed by atoms with Gasteiger partial charge in [-0.15, -0.1) is 5.10 Å². The number of aliphatic carboxylic acids is 1. The molecule has 2 aromatic heterocycles. The summed E-state index contributed by atoms with van der Waals surface area (Å²) < 4.78 is 0. The minimum absolute atomic E-state index is 0.0895. The Kier molecular flexibility index (Phi) is 3.55. The first kappa shape index (κ1) is 12.7. The second-order valence-corrected chi connectivity index (χ2v) is 3.89. The van der Waals surface area contributed by atoms with Crippen molar-refractivity contribution in [3.05, 3.63) is 29.9 Å². The molecule has 0 bridgehead atoms. The van der Waals surface area contributed by atoms with E-state index >= 15 is 0 Å². The number of carbonyl (C=O) groups excluding carboxylic acids is 1. The fourth-order valence-electron chi connectivity index (χ4n) is 1.48. The minimum atomic E-state index is -1.14. The van der Waals surface area contributed by atoms with Crippen LogP contribution in [0.3, 0.4) is 0 Å². The van der Waals surface area contributed by atoms with Crippen LogP contribution in [0.4, 0.5) is 0 Å². The lowest BCUT2D eigenvalue weighted by molar-refractivity contribution is -0.139. The van der Waals surface area contributed by atoms with E-state index in [1.165, 1.54) is 12.5 Å². The lowest BCUT2D eigenvalue weighted by Crippen LogP contribution is -2.42. The Morgan fingerprint density at radius 1 is 1.53 bits per heavy atom. The predicted octanol–water partition coefficient (Wildman–Crippen LogP) is -0.738. The number of amides is 1. The smallest absolute Gasteiger partial charge is 0.326 e. The zero-order chi connectivity index (χ0) is 13.8. The molecule has 2 heterocycles. The molecule has 0 aliphatic heterocycles. The number of nitrogens with one attached hydrogen (secondary N) is 3. The fraction of sp³-hybridized carbons (Fsp3) is 0.300. The van der Waals surface area contributed by atoms with Gasteiger partial charge in [0.05, 0.1) is 6.33 Å². The molecule has 100 valence electrons. The number of H-pyrrole nitrogens is 2. The third-order valence-electron chi connectivity index (χ3n) is 2.38. The van der Waals surface area contributed by atoms with E-state index in [-0.39, 0.29) is 12.2 Å². The molecule has 1 atom stereocenters. The lowest BCUT2D eigenvalue weighted by Gasteiger charge is -2.11. The molecular formula is C10H12N6O3. The molecule has 0 saturated heterocycles. The maximum Gasteiger partial charge on any atom is 0.326 e. The number of aryl methyl sites for hydroxylation is 1. The maximum atomic E-state index is 11.8. The van der Waals surface area contributed by atoms with Gasteiger partial charge in [-0.3, -0.25) is 9.89 Å². The molecule has 0 aliphatic carbocycles. The molecule has 0 fully saturated rings. The number of hydrogen-bond acceptors (Lipinski definition) is 5. The van der Waals surface area contributed by atoms with Gasteiger partial charge in [-0.05, 0) is 6.92 Å². The Bertz CT molecular complexity index is 576. The summed E-state index contributed by atoms with van der Waals surface area (Å²) in [7, 11) is 0. The number of aromatic amines is 2. The molecule has 9 heteroatoms. The quantitative estimate of drug-likeness (QED) is 0.561. The van der Waals surface area contributed by atoms with Crippen molar-refractivity contribution in [3.8, 4) is 0 Å². The first-order valence-corrected chi connectivity index (χ1v) is 5.46. The summed E-state index contributed by atoms with van der Waals surface area (Å²) in [6.45, 7) is 1.64. The van der Waals surface area contributed by atoms with Gasteiger partial charge in [0.15, 0.2) is 0 Å². The summed E-state index contributed by atoms with van der Waals surface area (Å²) in [6.07, 6.45) is 3.04. The second kappa shape index (κ2) is 5.29. The van der Waals surface area contributed by atoms with E-state index in [0.717, 1.165) is 0 Å². The van der Waals surface area contributed by atoms with E-state index in [4.69, 9.17) is 5.11 Å². The number of imidazole rings is 1. The van der Waals surface area contributed by atoms with E-state index in [1.54, 1.807) is 6.92 Å². The summed E-state index contributed by atoms with van der Waals surface area (Å²) in [4.78, 5) is 33.2. The first-order valence-electron chi connectivity index (χ1n) is 5.46.